The molecular formula is C24H30N4O7S2. The summed E-state index contributed by atoms with van der Waals surface area (Å²) in [6.45, 7) is 6.75. The second-order valence-corrected chi connectivity index (χ2v) is 12.0. The lowest BCUT2D eigenvalue weighted by atomic mass is 10.0. The first-order valence-electron chi connectivity index (χ1n) is 11.9. The molecule has 3 heterocycles. The van der Waals surface area contributed by atoms with Crippen molar-refractivity contribution in [1.29, 1.82) is 0 Å². The molecule has 37 heavy (non-hydrogen) atoms. The highest BCUT2D eigenvalue weighted by molar-refractivity contribution is 7.89. The van der Waals surface area contributed by atoms with Crippen LogP contribution in [0.4, 0.5) is 9.80 Å². The number of hydrogen-bond acceptors (Lipinski definition) is 8. The van der Waals surface area contributed by atoms with E-state index in [4.69, 9.17) is 15.2 Å². The number of rotatable bonds is 6. The van der Waals surface area contributed by atoms with E-state index in [1.54, 1.807) is 6.92 Å². The number of carbonyl (C=O) groups excluding carboxylic acids is 3. The third-order valence-electron chi connectivity index (χ3n) is 6.20. The molecular weight excluding hydrogens is 520 g/mol. The minimum atomic E-state index is -3.75. The number of hydrogen-bond donors (Lipinski definition) is 2. The van der Waals surface area contributed by atoms with Crippen LogP contribution in [0.2, 0.25) is 0 Å². The number of sulfonamides is 1. The smallest absolute Gasteiger partial charge is 0.410 e. The van der Waals surface area contributed by atoms with Crippen molar-refractivity contribution >= 4 is 44.3 Å². The minimum Gasteiger partial charge on any atom is -0.450 e. The average Bonchev–Trinajstić information content (AvgIpc) is 3.20. The van der Waals surface area contributed by atoms with Gasteiger partial charge in [-0.25, -0.2) is 13.2 Å². The van der Waals surface area contributed by atoms with Crippen LogP contribution in [0.3, 0.4) is 0 Å². The molecule has 3 N–H and O–H groups in total. The van der Waals surface area contributed by atoms with E-state index in [1.807, 2.05) is 13.8 Å². The van der Waals surface area contributed by atoms with Crippen LogP contribution >= 0.6 is 11.3 Å². The van der Waals surface area contributed by atoms with Crippen LogP contribution in [0.15, 0.2) is 29.2 Å². The molecule has 200 valence electrons. The van der Waals surface area contributed by atoms with E-state index in [-0.39, 0.29) is 54.5 Å². The second-order valence-electron chi connectivity index (χ2n) is 9.00. The number of nitrogens with one attached hydrogen (secondary N) is 1. The van der Waals surface area contributed by atoms with Crippen molar-refractivity contribution in [3.05, 3.63) is 45.8 Å². The van der Waals surface area contributed by atoms with Gasteiger partial charge in [-0.05, 0) is 57.0 Å². The third kappa shape index (κ3) is 5.64. The van der Waals surface area contributed by atoms with Crippen molar-refractivity contribution in [1.82, 2.24) is 9.21 Å². The van der Waals surface area contributed by atoms with E-state index in [0.29, 0.717) is 23.5 Å². The van der Waals surface area contributed by atoms with Gasteiger partial charge < -0.3 is 25.4 Å². The Labute approximate surface area is 219 Å². The molecule has 2 aromatic rings. The zero-order valence-corrected chi connectivity index (χ0v) is 22.5. The monoisotopic (exact) mass is 550 g/mol. The quantitative estimate of drug-likeness (QED) is 0.561. The number of thiophene rings is 1. The highest BCUT2D eigenvalue weighted by atomic mass is 32.2. The lowest BCUT2D eigenvalue weighted by Gasteiger charge is -2.34. The Morgan fingerprint density at radius 3 is 2.41 bits per heavy atom. The van der Waals surface area contributed by atoms with Crippen molar-refractivity contribution in [2.24, 2.45) is 5.73 Å². The summed E-state index contributed by atoms with van der Waals surface area (Å²) < 4.78 is 38.2. The van der Waals surface area contributed by atoms with Crippen LogP contribution in [0.5, 0.6) is 0 Å². The number of ether oxygens (including phenoxy) is 2. The number of carbonyl (C=O) groups is 3. The summed E-state index contributed by atoms with van der Waals surface area (Å²) in [5, 5.41) is 3.03. The summed E-state index contributed by atoms with van der Waals surface area (Å²) in [7, 11) is -3.75. The number of nitrogens with zero attached hydrogens (tertiary/aromatic N) is 2. The molecule has 0 radical (unpaired) electrons. The Bertz CT molecular complexity index is 1300. The van der Waals surface area contributed by atoms with Gasteiger partial charge in [-0.1, -0.05) is 0 Å². The van der Waals surface area contributed by atoms with Crippen LogP contribution in [-0.2, 0) is 32.5 Å². The minimum absolute atomic E-state index is 0.0776. The lowest BCUT2D eigenvalue weighted by Crippen LogP contribution is -2.48. The Morgan fingerprint density at radius 1 is 1.16 bits per heavy atom. The molecule has 2 aliphatic rings. The molecule has 1 aromatic carbocycles. The highest BCUT2D eigenvalue weighted by Gasteiger charge is 2.33. The Kier molecular flexibility index (Phi) is 7.88. The summed E-state index contributed by atoms with van der Waals surface area (Å²) >= 11 is 1.18. The van der Waals surface area contributed by atoms with Gasteiger partial charge in [0.25, 0.3) is 11.8 Å². The molecule has 0 unspecified atom stereocenters. The molecule has 0 saturated carbocycles. The second kappa shape index (κ2) is 10.8. The van der Waals surface area contributed by atoms with Gasteiger partial charge in [0.1, 0.15) is 5.00 Å². The molecule has 2 aliphatic heterocycles. The van der Waals surface area contributed by atoms with E-state index in [9.17, 15) is 22.8 Å². The molecule has 0 bridgehead atoms. The van der Waals surface area contributed by atoms with Crippen molar-refractivity contribution in [2.45, 2.75) is 50.8 Å². The van der Waals surface area contributed by atoms with Crippen LogP contribution in [0, 0.1) is 0 Å². The molecule has 1 aromatic heterocycles. The van der Waals surface area contributed by atoms with Gasteiger partial charge in [-0.15, -0.1) is 11.3 Å². The van der Waals surface area contributed by atoms with E-state index in [1.165, 1.54) is 44.8 Å². The molecule has 1 fully saturated rings. The standard InChI is InChI=1S/C24H30N4O7S2/c1-4-34-24(31)27-10-9-18-19(13-27)36-23(20(18)21(25)29)26-22(30)16-5-7-17(8-6-16)37(32,33)28-11-14(2)35-15(3)12-28/h5-8,14-15H,4,9-13H2,1-3H3,(H2,25,29)(H,26,30)/t14-,15-/m0/s1. The van der Waals surface area contributed by atoms with Gasteiger partial charge in [0.05, 0.1) is 35.8 Å². The van der Waals surface area contributed by atoms with Crippen LogP contribution < -0.4 is 11.1 Å². The normalized spacial score (nSPS) is 20.2. The van der Waals surface area contributed by atoms with Gasteiger partial charge in [0, 0.05) is 30.1 Å². The van der Waals surface area contributed by atoms with Crippen molar-refractivity contribution in [3.8, 4) is 0 Å². The maximum Gasteiger partial charge on any atom is 0.410 e. The maximum atomic E-state index is 13.1. The maximum absolute atomic E-state index is 13.1. The molecule has 0 spiro atoms. The van der Waals surface area contributed by atoms with E-state index in [0.717, 1.165) is 4.88 Å². The fourth-order valence-electron chi connectivity index (χ4n) is 4.55. The third-order valence-corrected chi connectivity index (χ3v) is 9.17. The van der Waals surface area contributed by atoms with Crippen molar-refractivity contribution < 1.29 is 32.3 Å². The first-order chi connectivity index (χ1) is 17.5. The fourth-order valence-corrected chi connectivity index (χ4v) is 7.41. The number of benzene rings is 1. The van der Waals surface area contributed by atoms with Gasteiger partial charge in [0.2, 0.25) is 10.0 Å². The number of morpholine rings is 1. The highest BCUT2D eigenvalue weighted by Crippen LogP contribution is 2.37. The number of nitrogens with two attached hydrogens (primary N) is 1. The van der Waals surface area contributed by atoms with Crippen molar-refractivity contribution in [3.63, 3.8) is 0 Å². The van der Waals surface area contributed by atoms with Crippen LogP contribution in [0.1, 0.15) is 51.9 Å². The Hall–Kier alpha value is -3.00. The summed E-state index contributed by atoms with van der Waals surface area (Å²) in [5.74, 6) is -1.19. The van der Waals surface area contributed by atoms with Gasteiger partial charge in [0.15, 0.2) is 0 Å². The Morgan fingerprint density at radius 2 is 1.81 bits per heavy atom. The molecule has 4 rings (SSSR count). The molecule has 11 nitrogen and oxygen atoms in total. The number of primary amides is 1. The van der Waals surface area contributed by atoms with E-state index >= 15 is 0 Å². The predicted octanol–water partition coefficient (Wildman–Crippen LogP) is 2.41. The fraction of sp³-hybridized carbons (Fsp3) is 0.458. The van der Waals surface area contributed by atoms with Crippen LogP contribution in [0.25, 0.3) is 0 Å². The van der Waals surface area contributed by atoms with E-state index < -0.39 is 27.9 Å². The predicted molar refractivity (Wildman–Crippen MR) is 137 cm³/mol. The van der Waals surface area contributed by atoms with E-state index in [2.05, 4.69) is 5.32 Å². The zero-order chi connectivity index (χ0) is 26.9. The van der Waals surface area contributed by atoms with Crippen molar-refractivity contribution in [2.75, 3.05) is 31.6 Å². The van der Waals surface area contributed by atoms with Gasteiger partial charge in [-0.3, -0.25) is 9.59 Å². The number of amides is 3. The Balaban J connectivity index is 1.52. The largest absolute Gasteiger partial charge is 0.450 e. The first-order valence-corrected chi connectivity index (χ1v) is 14.2. The van der Waals surface area contributed by atoms with Gasteiger partial charge in [-0.2, -0.15) is 4.31 Å². The molecule has 0 aliphatic carbocycles. The van der Waals surface area contributed by atoms with Gasteiger partial charge >= 0.3 is 6.09 Å². The average molecular weight is 551 g/mol. The number of anilines is 1. The number of fused-ring (bicyclic) bond motifs is 1. The summed E-state index contributed by atoms with van der Waals surface area (Å²) in [6, 6.07) is 5.63. The topological polar surface area (TPSA) is 148 Å². The molecule has 2 atom stereocenters. The lowest BCUT2D eigenvalue weighted by molar-refractivity contribution is -0.0440. The molecule has 3 amide bonds. The summed E-state index contributed by atoms with van der Waals surface area (Å²) in [4.78, 5) is 39.7. The molecule has 13 heteroatoms. The molecule has 1 saturated heterocycles. The SMILES string of the molecule is CCOC(=O)N1CCc2c(sc(NC(=O)c3ccc(S(=O)(=O)N4C[C@H](C)O[C@@H](C)C4)cc3)c2C(N)=O)C1. The first kappa shape index (κ1) is 27.0. The summed E-state index contributed by atoms with van der Waals surface area (Å²) in [6.07, 6.45) is -0.471. The zero-order valence-electron chi connectivity index (χ0n) is 20.9. The summed E-state index contributed by atoms with van der Waals surface area (Å²) in [5.41, 5.74) is 6.79. The van der Waals surface area contributed by atoms with Crippen LogP contribution in [-0.4, -0.2) is 74.0 Å².